The molecule has 0 aromatic carbocycles. The van der Waals surface area contributed by atoms with E-state index in [4.69, 9.17) is 0 Å². The second-order valence-electron chi connectivity index (χ2n) is 3.36. The van der Waals surface area contributed by atoms with Crippen LogP contribution in [-0.4, -0.2) is 19.7 Å². The number of aromatic nitrogens is 1. The Hall–Kier alpha value is -0.900. The topological polar surface area (TPSA) is 47.0 Å². The summed E-state index contributed by atoms with van der Waals surface area (Å²) < 4.78 is 22.2. The van der Waals surface area contributed by atoms with E-state index in [0.717, 1.165) is 25.0 Å². The highest BCUT2D eigenvalue weighted by Crippen LogP contribution is 2.08. The van der Waals surface area contributed by atoms with Crippen LogP contribution < -0.4 is 0 Å². The molecule has 1 aromatic heterocycles. The van der Waals surface area contributed by atoms with Gasteiger partial charge in [0.1, 0.15) is 0 Å². The Morgan fingerprint density at radius 1 is 1.36 bits per heavy atom. The monoisotopic (exact) mass is 213 g/mol. The van der Waals surface area contributed by atoms with Gasteiger partial charge in [0.05, 0.1) is 4.90 Å². The minimum atomic E-state index is -3.10. The van der Waals surface area contributed by atoms with Gasteiger partial charge in [-0.15, -0.1) is 0 Å². The summed E-state index contributed by atoms with van der Waals surface area (Å²) in [6.07, 6.45) is 5.75. The molecule has 0 aliphatic carbocycles. The molecule has 0 bridgehead atoms. The fraction of sp³-hybridized carbons (Fsp3) is 0.500. The highest BCUT2D eigenvalue weighted by atomic mass is 32.2. The van der Waals surface area contributed by atoms with Gasteiger partial charge in [-0.2, -0.15) is 0 Å². The van der Waals surface area contributed by atoms with Gasteiger partial charge in [0, 0.05) is 18.1 Å². The third kappa shape index (κ3) is 3.10. The molecule has 0 spiro atoms. The first-order valence-corrected chi connectivity index (χ1v) is 6.58. The van der Waals surface area contributed by atoms with Crippen molar-refractivity contribution in [3.63, 3.8) is 0 Å². The molecule has 0 atom stereocenters. The molecule has 1 heterocycles. The first-order valence-electron chi connectivity index (χ1n) is 4.69. The Morgan fingerprint density at radius 3 is 2.50 bits per heavy atom. The summed E-state index contributed by atoms with van der Waals surface area (Å²) in [5.74, 6) is 0. The molecule has 0 aliphatic heterocycles. The molecule has 0 saturated heterocycles. The number of sulfone groups is 1. The zero-order valence-corrected chi connectivity index (χ0v) is 9.34. The van der Waals surface area contributed by atoms with Crippen molar-refractivity contribution in [1.29, 1.82) is 0 Å². The van der Waals surface area contributed by atoms with Crippen molar-refractivity contribution in [2.24, 2.45) is 0 Å². The van der Waals surface area contributed by atoms with Crippen molar-refractivity contribution >= 4 is 9.84 Å². The van der Waals surface area contributed by atoms with Crippen molar-refractivity contribution in [3.05, 3.63) is 24.0 Å². The van der Waals surface area contributed by atoms with Crippen LogP contribution in [-0.2, 0) is 16.3 Å². The Labute approximate surface area is 85.1 Å². The second kappa shape index (κ2) is 4.55. The van der Waals surface area contributed by atoms with Crippen molar-refractivity contribution in [2.45, 2.75) is 31.1 Å². The molecule has 0 radical (unpaired) electrons. The lowest BCUT2D eigenvalue weighted by molar-refractivity contribution is 0.601. The third-order valence-corrected chi connectivity index (χ3v) is 3.11. The van der Waals surface area contributed by atoms with Crippen LogP contribution in [0.3, 0.4) is 0 Å². The van der Waals surface area contributed by atoms with Gasteiger partial charge < -0.3 is 0 Å². The predicted molar refractivity (Wildman–Crippen MR) is 56.0 cm³/mol. The first kappa shape index (κ1) is 11.2. The maximum atomic E-state index is 11.1. The van der Waals surface area contributed by atoms with Gasteiger partial charge in [-0.1, -0.05) is 13.3 Å². The normalized spacial score (nSPS) is 11.6. The highest BCUT2D eigenvalue weighted by molar-refractivity contribution is 7.90. The Balaban J connectivity index is 2.79. The first-order chi connectivity index (χ1) is 6.54. The second-order valence-corrected chi connectivity index (χ2v) is 5.38. The molecule has 0 amide bonds. The van der Waals surface area contributed by atoms with Gasteiger partial charge in [-0.25, -0.2) is 8.42 Å². The quantitative estimate of drug-likeness (QED) is 0.766. The predicted octanol–water partition coefficient (Wildman–Crippen LogP) is 1.83. The van der Waals surface area contributed by atoms with E-state index in [1.807, 2.05) is 0 Å². The molecule has 0 saturated carbocycles. The molecule has 1 aromatic rings. The summed E-state index contributed by atoms with van der Waals surface area (Å²) in [4.78, 5) is 4.39. The fourth-order valence-electron chi connectivity index (χ4n) is 1.14. The zero-order valence-electron chi connectivity index (χ0n) is 8.53. The summed E-state index contributed by atoms with van der Waals surface area (Å²) in [6.45, 7) is 2.12. The van der Waals surface area contributed by atoms with Crippen LogP contribution in [0.5, 0.6) is 0 Å². The van der Waals surface area contributed by atoms with Gasteiger partial charge in [0.2, 0.25) is 0 Å². The van der Waals surface area contributed by atoms with Crippen LogP contribution in [0.15, 0.2) is 23.2 Å². The van der Waals surface area contributed by atoms with E-state index in [2.05, 4.69) is 11.9 Å². The van der Waals surface area contributed by atoms with Crippen molar-refractivity contribution in [2.75, 3.05) is 6.26 Å². The van der Waals surface area contributed by atoms with Crippen LogP contribution in [0.1, 0.15) is 25.5 Å². The largest absolute Gasteiger partial charge is 0.260 e. The molecule has 4 heteroatoms. The molecular formula is C10H15NO2S. The van der Waals surface area contributed by atoms with Crippen LogP contribution >= 0.6 is 0 Å². The number of pyridine rings is 1. The molecular weight excluding hydrogens is 198 g/mol. The lowest BCUT2D eigenvalue weighted by atomic mass is 10.2. The molecule has 78 valence electrons. The summed E-state index contributed by atoms with van der Waals surface area (Å²) in [6, 6.07) is 3.40. The standard InChI is InChI=1S/C10H15NO2S/c1-3-4-5-9-6-7-10(8-11-9)14(2,12)13/h6-8H,3-5H2,1-2H3. The molecule has 0 unspecified atom stereocenters. The van der Waals surface area contributed by atoms with E-state index < -0.39 is 9.84 Å². The van der Waals surface area contributed by atoms with Crippen LogP contribution in [0.4, 0.5) is 0 Å². The summed E-state index contributed by atoms with van der Waals surface area (Å²) in [5, 5.41) is 0. The lowest BCUT2D eigenvalue weighted by Gasteiger charge is -2.00. The molecule has 3 nitrogen and oxygen atoms in total. The smallest absolute Gasteiger partial charge is 0.177 e. The summed E-state index contributed by atoms with van der Waals surface area (Å²) >= 11 is 0. The average molecular weight is 213 g/mol. The minimum Gasteiger partial charge on any atom is -0.260 e. The Bertz CT molecular complexity index is 381. The minimum absolute atomic E-state index is 0.290. The van der Waals surface area contributed by atoms with E-state index in [1.54, 1.807) is 12.1 Å². The fourth-order valence-corrected chi connectivity index (χ4v) is 1.70. The highest BCUT2D eigenvalue weighted by Gasteiger charge is 2.06. The maximum absolute atomic E-state index is 11.1. The van der Waals surface area contributed by atoms with Gasteiger partial charge in [-0.3, -0.25) is 4.98 Å². The van der Waals surface area contributed by atoms with E-state index in [9.17, 15) is 8.42 Å². The Morgan fingerprint density at radius 2 is 2.07 bits per heavy atom. The van der Waals surface area contributed by atoms with Gasteiger partial charge in [0.15, 0.2) is 9.84 Å². The molecule has 14 heavy (non-hydrogen) atoms. The third-order valence-electron chi connectivity index (χ3n) is 2.01. The van der Waals surface area contributed by atoms with Crippen molar-refractivity contribution in [1.82, 2.24) is 4.98 Å². The average Bonchev–Trinajstić information content (AvgIpc) is 2.14. The van der Waals surface area contributed by atoms with E-state index in [-0.39, 0.29) is 4.90 Å². The number of nitrogens with zero attached hydrogens (tertiary/aromatic N) is 1. The Kier molecular flexibility index (Phi) is 3.63. The van der Waals surface area contributed by atoms with E-state index >= 15 is 0 Å². The van der Waals surface area contributed by atoms with Crippen LogP contribution in [0.2, 0.25) is 0 Å². The van der Waals surface area contributed by atoms with Crippen LogP contribution in [0, 0.1) is 0 Å². The number of rotatable bonds is 4. The number of hydrogen-bond donors (Lipinski definition) is 0. The SMILES string of the molecule is CCCCc1ccc(S(C)(=O)=O)cn1. The molecule has 1 rings (SSSR count). The number of aryl methyl sites for hydroxylation is 1. The lowest BCUT2D eigenvalue weighted by Crippen LogP contribution is -1.99. The summed E-state index contributed by atoms with van der Waals surface area (Å²) in [7, 11) is -3.10. The van der Waals surface area contributed by atoms with Gasteiger partial charge in [-0.05, 0) is 25.0 Å². The van der Waals surface area contributed by atoms with E-state index in [1.165, 1.54) is 12.5 Å². The zero-order chi connectivity index (χ0) is 10.6. The van der Waals surface area contributed by atoms with Gasteiger partial charge >= 0.3 is 0 Å². The molecule has 0 aliphatic rings. The number of hydrogen-bond acceptors (Lipinski definition) is 3. The van der Waals surface area contributed by atoms with E-state index in [0.29, 0.717) is 0 Å². The number of unbranched alkanes of at least 4 members (excludes halogenated alkanes) is 1. The van der Waals surface area contributed by atoms with Crippen molar-refractivity contribution < 1.29 is 8.42 Å². The molecule has 0 fully saturated rings. The maximum Gasteiger partial charge on any atom is 0.177 e. The molecule has 0 N–H and O–H groups in total. The van der Waals surface area contributed by atoms with Crippen molar-refractivity contribution in [3.8, 4) is 0 Å². The van der Waals surface area contributed by atoms with Crippen LogP contribution in [0.25, 0.3) is 0 Å². The summed E-state index contributed by atoms with van der Waals surface area (Å²) in [5.41, 5.74) is 0.958. The van der Waals surface area contributed by atoms with Gasteiger partial charge in [0.25, 0.3) is 0 Å².